The fraction of sp³-hybridized carbons (Fsp3) is 0.188. The van der Waals surface area contributed by atoms with Gasteiger partial charge >= 0.3 is 0 Å². The van der Waals surface area contributed by atoms with E-state index in [0.29, 0.717) is 12.4 Å². The molecule has 0 radical (unpaired) electrons. The van der Waals surface area contributed by atoms with Gasteiger partial charge in [0.05, 0.1) is 24.8 Å². The third-order valence-electron chi connectivity index (χ3n) is 3.12. The number of aromatic nitrogens is 1. The van der Waals surface area contributed by atoms with E-state index >= 15 is 0 Å². The summed E-state index contributed by atoms with van der Waals surface area (Å²) in [4.78, 5) is 4.16. The molecule has 108 valence electrons. The highest BCUT2D eigenvalue weighted by molar-refractivity contribution is 5.81. The predicted octanol–water partition coefficient (Wildman–Crippen LogP) is 2.81. The van der Waals surface area contributed by atoms with Crippen LogP contribution >= 0.6 is 0 Å². The first kappa shape index (κ1) is 13.5. The van der Waals surface area contributed by atoms with Crippen molar-refractivity contribution in [1.82, 2.24) is 4.98 Å². The number of hydrogen-bond acceptors (Lipinski definition) is 5. The van der Waals surface area contributed by atoms with Crippen molar-refractivity contribution in [1.29, 1.82) is 0 Å². The summed E-state index contributed by atoms with van der Waals surface area (Å²) in [6.07, 6.45) is 3.47. The number of nitrogens with one attached hydrogen (secondary N) is 1. The molecule has 2 N–H and O–H groups in total. The fourth-order valence-corrected chi connectivity index (χ4v) is 2.09. The minimum atomic E-state index is -0.0186. The number of anilines is 1. The normalized spacial score (nSPS) is 10.7. The topological polar surface area (TPSA) is 67.5 Å². The van der Waals surface area contributed by atoms with Crippen molar-refractivity contribution in [2.24, 2.45) is 0 Å². The van der Waals surface area contributed by atoms with Crippen LogP contribution in [-0.2, 0) is 6.54 Å². The van der Waals surface area contributed by atoms with Crippen LogP contribution in [0.5, 0.6) is 5.88 Å². The van der Waals surface area contributed by atoms with Gasteiger partial charge in [-0.05, 0) is 12.1 Å². The summed E-state index contributed by atoms with van der Waals surface area (Å²) in [5.74, 6) is 0.503. The summed E-state index contributed by atoms with van der Waals surface area (Å²) in [5, 5.41) is 13.1. The Bertz CT molecular complexity index is 707. The van der Waals surface area contributed by atoms with E-state index in [9.17, 15) is 0 Å². The van der Waals surface area contributed by atoms with Crippen molar-refractivity contribution in [2.75, 3.05) is 18.5 Å². The molecule has 0 unspecified atom stereocenters. The van der Waals surface area contributed by atoms with Crippen molar-refractivity contribution < 1.29 is 14.3 Å². The van der Waals surface area contributed by atoms with Crippen molar-refractivity contribution in [3.05, 3.63) is 54.4 Å². The zero-order valence-corrected chi connectivity index (χ0v) is 11.5. The first-order valence-corrected chi connectivity index (χ1v) is 6.75. The average Bonchev–Trinajstić information content (AvgIpc) is 2.95. The van der Waals surface area contributed by atoms with Gasteiger partial charge in [0, 0.05) is 23.6 Å². The Morgan fingerprint density at radius 1 is 1.19 bits per heavy atom. The van der Waals surface area contributed by atoms with Gasteiger partial charge in [-0.2, -0.15) is 0 Å². The second kappa shape index (κ2) is 6.28. The van der Waals surface area contributed by atoms with E-state index in [-0.39, 0.29) is 13.2 Å². The maximum absolute atomic E-state index is 8.68. The van der Waals surface area contributed by atoms with Gasteiger partial charge in [-0.3, -0.25) is 0 Å². The maximum atomic E-state index is 8.68. The monoisotopic (exact) mass is 284 g/mol. The summed E-state index contributed by atoms with van der Waals surface area (Å²) in [6.45, 7) is 0.894. The van der Waals surface area contributed by atoms with Gasteiger partial charge in [0.2, 0.25) is 5.88 Å². The lowest BCUT2D eigenvalue weighted by Crippen LogP contribution is -2.03. The van der Waals surface area contributed by atoms with Gasteiger partial charge in [-0.1, -0.05) is 18.2 Å². The number of pyridine rings is 1. The number of ether oxygens (including phenoxy) is 1. The molecule has 5 heteroatoms. The van der Waals surface area contributed by atoms with E-state index < -0.39 is 0 Å². The summed E-state index contributed by atoms with van der Waals surface area (Å²) >= 11 is 0. The molecule has 1 aromatic carbocycles. The van der Waals surface area contributed by atoms with Crippen LogP contribution in [0.4, 0.5) is 5.69 Å². The van der Waals surface area contributed by atoms with Crippen LogP contribution < -0.4 is 10.1 Å². The number of hydrogen-bond donors (Lipinski definition) is 2. The van der Waals surface area contributed by atoms with Crippen LogP contribution in [0.15, 0.2) is 53.3 Å². The Balaban J connectivity index is 1.64. The quantitative estimate of drug-likeness (QED) is 0.728. The van der Waals surface area contributed by atoms with Gasteiger partial charge < -0.3 is 19.6 Å². The summed E-state index contributed by atoms with van der Waals surface area (Å²) in [6, 6.07) is 11.6. The number of furan rings is 1. The lowest BCUT2D eigenvalue weighted by molar-refractivity contribution is 0.196. The number of nitrogens with zero attached hydrogens (tertiary/aromatic N) is 1. The Morgan fingerprint density at radius 2 is 2.10 bits per heavy atom. The van der Waals surface area contributed by atoms with E-state index in [4.69, 9.17) is 14.3 Å². The highest BCUT2D eigenvalue weighted by Crippen LogP contribution is 2.21. The van der Waals surface area contributed by atoms with E-state index in [0.717, 1.165) is 22.2 Å². The highest BCUT2D eigenvalue weighted by Gasteiger charge is 2.04. The van der Waals surface area contributed by atoms with Crippen molar-refractivity contribution in [2.45, 2.75) is 6.54 Å². The van der Waals surface area contributed by atoms with Crippen LogP contribution in [0.3, 0.4) is 0 Å². The van der Waals surface area contributed by atoms with Crippen molar-refractivity contribution in [3.8, 4) is 5.88 Å². The van der Waals surface area contributed by atoms with E-state index in [1.165, 1.54) is 0 Å². The molecule has 3 rings (SSSR count). The van der Waals surface area contributed by atoms with Gasteiger partial charge in [0.25, 0.3) is 0 Å². The molecule has 0 amide bonds. The first-order valence-electron chi connectivity index (χ1n) is 6.75. The molecule has 2 heterocycles. The van der Waals surface area contributed by atoms with E-state index in [1.54, 1.807) is 18.5 Å². The van der Waals surface area contributed by atoms with E-state index in [1.807, 2.05) is 30.3 Å². The van der Waals surface area contributed by atoms with Gasteiger partial charge in [-0.25, -0.2) is 4.98 Å². The predicted molar refractivity (Wildman–Crippen MR) is 80.4 cm³/mol. The van der Waals surface area contributed by atoms with Gasteiger partial charge in [0.15, 0.2) is 0 Å². The second-order valence-corrected chi connectivity index (χ2v) is 4.57. The molecule has 0 saturated heterocycles. The largest absolute Gasteiger partial charge is 0.475 e. The molecule has 2 aromatic heterocycles. The Labute approximate surface area is 122 Å². The van der Waals surface area contributed by atoms with Crippen molar-refractivity contribution >= 4 is 16.7 Å². The fourth-order valence-electron chi connectivity index (χ4n) is 2.09. The number of benzene rings is 1. The molecule has 0 spiro atoms. The molecule has 0 saturated carbocycles. The molecule has 3 aromatic rings. The van der Waals surface area contributed by atoms with Crippen LogP contribution in [0.2, 0.25) is 0 Å². The van der Waals surface area contributed by atoms with Crippen LogP contribution in [0.25, 0.3) is 11.0 Å². The van der Waals surface area contributed by atoms with Crippen LogP contribution in [0, 0.1) is 0 Å². The van der Waals surface area contributed by atoms with Gasteiger partial charge in [-0.15, -0.1) is 0 Å². The second-order valence-electron chi connectivity index (χ2n) is 4.57. The molecule has 5 nitrogen and oxygen atoms in total. The number of rotatable bonds is 6. The molecule has 0 bridgehead atoms. The molecule has 0 aliphatic heterocycles. The lowest BCUT2D eigenvalue weighted by Gasteiger charge is -2.06. The third kappa shape index (κ3) is 3.14. The highest BCUT2D eigenvalue weighted by atomic mass is 16.5. The number of aliphatic hydroxyl groups excluding tert-OH is 1. The summed E-state index contributed by atoms with van der Waals surface area (Å²) in [7, 11) is 0. The minimum absolute atomic E-state index is 0.0186. The number of fused-ring (bicyclic) bond motifs is 1. The Kier molecular flexibility index (Phi) is 4.02. The SMILES string of the molecule is OCCOc1ccc(NCc2coc3ccccc23)cn1. The number of para-hydroxylation sites is 1. The molecular formula is C16H16N2O3. The van der Waals surface area contributed by atoms with Gasteiger partial charge in [0.1, 0.15) is 12.2 Å². The average molecular weight is 284 g/mol. The third-order valence-corrected chi connectivity index (χ3v) is 3.12. The molecule has 0 aliphatic rings. The van der Waals surface area contributed by atoms with Crippen LogP contribution in [-0.4, -0.2) is 23.3 Å². The molecule has 0 atom stereocenters. The molecule has 0 aliphatic carbocycles. The Hall–Kier alpha value is -2.53. The first-order chi connectivity index (χ1) is 10.4. The zero-order valence-electron chi connectivity index (χ0n) is 11.5. The Morgan fingerprint density at radius 3 is 2.90 bits per heavy atom. The standard InChI is InChI=1S/C16H16N2O3/c19-7-8-20-16-6-5-13(10-18-16)17-9-12-11-21-15-4-2-1-3-14(12)15/h1-6,10-11,17,19H,7-9H2. The summed E-state index contributed by atoms with van der Waals surface area (Å²) in [5.41, 5.74) is 2.89. The smallest absolute Gasteiger partial charge is 0.213 e. The molecule has 0 fully saturated rings. The molecule has 21 heavy (non-hydrogen) atoms. The maximum Gasteiger partial charge on any atom is 0.213 e. The number of aliphatic hydroxyl groups is 1. The summed E-state index contributed by atoms with van der Waals surface area (Å²) < 4.78 is 10.7. The molecular weight excluding hydrogens is 268 g/mol. The zero-order chi connectivity index (χ0) is 14.5. The minimum Gasteiger partial charge on any atom is -0.475 e. The van der Waals surface area contributed by atoms with Crippen molar-refractivity contribution in [3.63, 3.8) is 0 Å². The van der Waals surface area contributed by atoms with Crippen LogP contribution in [0.1, 0.15) is 5.56 Å². The van der Waals surface area contributed by atoms with E-state index in [2.05, 4.69) is 10.3 Å². The lowest BCUT2D eigenvalue weighted by atomic mass is 10.2.